The molecule has 6 heteroatoms. The quantitative estimate of drug-likeness (QED) is 0.641. The number of hydrogen-bond acceptors (Lipinski definition) is 4. The minimum atomic E-state index is -1.01. The summed E-state index contributed by atoms with van der Waals surface area (Å²) in [5.74, 6) is -0.944. The van der Waals surface area contributed by atoms with Gasteiger partial charge < -0.3 is 14.6 Å². The van der Waals surface area contributed by atoms with Crippen molar-refractivity contribution >= 4 is 12.1 Å². The highest BCUT2D eigenvalue weighted by atomic mass is 16.6. The van der Waals surface area contributed by atoms with Crippen molar-refractivity contribution in [2.75, 3.05) is 14.2 Å². The maximum atomic E-state index is 10.9. The Morgan fingerprint density at radius 1 is 1.43 bits per heavy atom. The van der Waals surface area contributed by atoms with Crippen LogP contribution in [0.1, 0.15) is 19.8 Å². The predicted molar refractivity (Wildman–Crippen MR) is 47.8 cm³/mol. The summed E-state index contributed by atoms with van der Waals surface area (Å²) in [4.78, 5) is 21.2. The third kappa shape index (κ3) is 4.66. The van der Waals surface area contributed by atoms with Crippen LogP contribution in [0.5, 0.6) is 0 Å². The highest BCUT2D eigenvalue weighted by Crippen LogP contribution is 2.13. The first kappa shape index (κ1) is 12.7. The molecule has 82 valence electrons. The van der Waals surface area contributed by atoms with Crippen LogP contribution >= 0.6 is 0 Å². The van der Waals surface area contributed by atoms with Gasteiger partial charge in [-0.25, -0.2) is 4.79 Å². The monoisotopic (exact) mass is 205 g/mol. The largest absolute Gasteiger partial charge is 0.481 e. The van der Waals surface area contributed by atoms with Crippen LogP contribution in [-0.4, -0.2) is 37.1 Å². The minimum absolute atomic E-state index is 0.0890. The molecule has 0 saturated heterocycles. The van der Waals surface area contributed by atoms with Gasteiger partial charge >= 0.3 is 12.1 Å². The van der Waals surface area contributed by atoms with Crippen LogP contribution in [0, 0.1) is 0 Å². The summed E-state index contributed by atoms with van der Waals surface area (Å²) < 4.78 is 9.36. The van der Waals surface area contributed by atoms with E-state index in [1.165, 1.54) is 14.2 Å². The molecule has 0 saturated carbocycles. The zero-order valence-electron chi connectivity index (χ0n) is 8.49. The predicted octanol–water partition coefficient (Wildman–Crippen LogP) is 0.570. The Labute approximate surface area is 82.2 Å². The first-order valence-corrected chi connectivity index (χ1v) is 4.06. The van der Waals surface area contributed by atoms with E-state index in [4.69, 9.17) is 9.84 Å². The molecule has 0 aromatic rings. The van der Waals surface area contributed by atoms with E-state index in [0.29, 0.717) is 0 Å². The van der Waals surface area contributed by atoms with Crippen LogP contribution in [0.4, 0.5) is 4.79 Å². The number of ether oxygens (including phenoxy) is 2. The number of hydrogen-bond donors (Lipinski definition) is 2. The zero-order chi connectivity index (χ0) is 11.2. The molecule has 0 bridgehead atoms. The summed E-state index contributed by atoms with van der Waals surface area (Å²) in [6.45, 7) is 1.58. The smallest absolute Gasteiger partial charge is 0.409 e. The molecule has 0 aromatic carbocycles. The lowest BCUT2D eigenvalue weighted by molar-refractivity contribution is -0.139. The first-order chi connectivity index (χ1) is 6.43. The van der Waals surface area contributed by atoms with Crippen molar-refractivity contribution in [2.24, 2.45) is 0 Å². The number of carboxylic acids is 1. The molecule has 1 unspecified atom stereocenters. The van der Waals surface area contributed by atoms with E-state index in [1.807, 2.05) is 0 Å². The number of alkyl carbamates (subject to hydrolysis) is 1. The fourth-order valence-corrected chi connectivity index (χ4v) is 0.828. The molecule has 0 heterocycles. The number of amides is 1. The summed E-state index contributed by atoms with van der Waals surface area (Å²) >= 11 is 0. The summed E-state index contributed by atoms with van der Waals surface area (Å²) in [6, 6.07) is 0. The summed E-state index contributed by atoms with van der Waals surface area (Å²) in [6.07, 6.45) is -0.567. The van der Waals surface area contributed by atoms with Crippen molar-refractivity contribution in [3.8, 4) is 0 Å². The number of methoxy groups -OCH3 is 2. The SMILES string of the molecule is COC(=O)NC(C)(CCC(=O)O)OC. The van der Waals surface area contributed by atoms with Gasteiger partial charge in [0.1, 0.15) is 5.72 Å². The van der Waals surface area contributed by atoms with Crippen LogP contribution in [0.25, 0.3) is 0 Å². The number of aliphatic carboxylic acids is 1. The van der Waals surface area contributed by atoms with E-state index in [1.54, 1.807) is 6.92 Å². The zero-order valence-corrected chi connectivity index (χ0v) is 8.49. The molecule has 1 atom stereocenters. The normalized spacial score (nSPS) is 14.2. The molecular weight excluding hydrogens is 190 g/mol. The Kier molecular flexibility index (Phi) is 4.93. The van der Waals surface area contributed by atoms with Gasteiger partial charge in [-0.3, -0.25) is 10.1 Å². The van der Waals surface area contributed by atoms with Crippen molar-refractivity contribution in [1.29, 1.82) is 0 Å². The molecule has 0 spiro atoms. The Morgan fingerprint density at radius 2 is 2.00 bits per heavy atom. The van der Waals surface area contributed by atoms with Gasteiger partial charge in [0, 0.05) is 20.0 Å². The summed E-state index contributed by atoms with van der Waals surface area (Å²) in [7, 11) is 2.61. The van der Waals surface area contributed by atoms with Crippen molar-refractivity contribution in [3.05, 3.63) is 0 Å². The van der Waals surface area contributed by atoms with Gasteiger partial charge in [-0.05, 0) is 6.92 Å². The lowest BCUT2D eigenvalue weighted by Gasteiger charge is -2.27. The number of nitrogens with one attached hydrogen (secondary N) is 1. The van der Waals surface area contributed by atoms with Gasteiger partial charge in [0.2, 0.25) is 0 Å². The van der Waals surface area contributed by atoms with Gasteiger partial charge in [-0.1, -0.05) is 0 Å². The van der Waals surface area contributed by atoms with Gasteiger partial charge in [0.15, 0.2) is 0 Å². The lowest BCUT2D eigenvalue weighted by atomic mass is 10.1. The summed E-state index contributed by atoms with van der Waals surface area (Å²) in [5, 5.41) is 10.9. The first-order valence-electron chi connectivity index (χ1n) is 4.06. The van der Waals surface area contributed by atoms with Crippen LogP contribution in [0.3, 0.4) is 0 Å². The Hall–Kier alpha value is -1.30. The van der Waals surface area contributed by atoms with E-state index in [0.717, 1.165) is 0 Å². The molecule has 6 nitrogen and oxygen atoms in total. The fourth-order valence-electron chi connectivity index (χ4n) is 0.828. The second kappa shape index (κ2) is 5.43. The molecule has 0 aromatic heterocycles. The molecule has 0 aliphatic rings. The molecule has 14 heavy (non-hydrogen) atoms. The van der Waals surface area contributed by atoms with Crippen LogP contribution < -0.4 is 5.32 Å². The van der Waals surface area contributed by atoms with E-state index >= 15 is 0 Å². The highest BCUT2D eigenvalue weighted by Gasteiger charge is 2.26. The van der Waals surface area contributed by atoms with Crippen molar-refractivity contribution < 1.29 is 24.2 Å². The maximum absolute atomic E-state index is 10.9. The van der Waals surface area contributed by atoms with E-state index in [9.17, 15) is 9.59 Å². The Morgan fingerprint density at radius 3 is 2.36 bits per heavy atom. The number of carbonyl (C=O) groups is 2. The topological polar surface area (TPSA) is 84.9 Å². The van der Waals surface area contributed by atoms with Gasteiger partial charge in [0.25, 0.3) is 0 Å². The number of carbonyl (C=O) groups excluding carboxylic acids is 1. The third-order valence-corrected chi connectivity index (χ3v) is 1.82. The van der Waals surface area contributed by atoms with Gasteiger partial charge in [0.05, 0.1) is 7.11 Å². The number of carboxylic acid groups (broad SMARTS) is 1. The summed E-state index contributed by atoms with van der Waals surface area (Å²) in [5.41, 5.74) is -1.01. The molecule has 0 aliphatic carbocycles. The van der Waals surface area contributed by atoms with Crippen molar-refractivity contribution in [3.63, 3.8) is 0 Å². The highest BCUT2D eigenvalue weighted by molar-refractivity contribution is 5.69. The Bertz CT molecular complexity index is 218. The lowest BCUT2D eigenvalue weighted by Crippen LogP contribution is -2.47. The van der Waals surface area contributed by atoms with Gasteiger partial charge in [-0.15, -0.1) is 0 Å². The number of rotatable bonds is 5. The second-order valence-corrected chi connectivity index (χ2v) is 2.95. The average Bonchev–Trinajstić information content (AvgIpc) is 2.14. The molecule has 0 radical (unpaired) electrons. The molecule has 0 aliphatic heterocycles. The molecular formula is C8H15NO5. The average molecular weight is 205 g/mol. The van der Waals surface area contributed by atoms with Crippen LogP contribution in [-0.2, 0) is 14.3 Å². The Balaban J connectivity index is 4.17. The molecule has 0 fully saturated rings. The molecule has 0 rings (SSSR count). The van der Waals surface area contributed by atoms with Crippen LogP contribution in [0.2, 0.25) is 0 Å². The fraction of sp³-hybridized carbons (Fsp3) is 0.750. The minimum Gasteiger partial charge on any atom is -0.481 e. The third-order valence-electron chi connectivity index (χ3n) is 1.82. The maximum Gasteiger partial charge on any atom is 0.409 e. The molecule has 1 amide bonds. The van der Waals surface area contributed by atoms with Crippen molar-refractivity contribution in [2.45, 2.75) is 25.5 Å². The van der Waals surface area contributed by atoms with E-state index < -0.39 is 17.8 Å². The standard InChI is InChI=1S/C8H15NO5/c1-8(14-3,5-4-6(10)11)9-7(12)13-2/h4-5H2,1-3H3,(H,9,12)(H,10,11). The molecule has 2 N–H and O–H groups in total. The van der Waals surface area contributed by atoms with Gasteiger partial charge in [-0.2, -0.15) is 0 Å². The van der Waals surface area contributed by atoms with E-state index in [2.05, 4.69) is 10.1 Å². The van der Waals surface area contributed by atoms with E-state index in [-0.39, 0.29) is 12.8 Å². The van der Waals surface area contributed by atoms with Crippen LogP contribution in [0.15, 0.2) is 0 Å². The van der Waals surface area contributed by atoms with Crippen molar-refractivity contribution in [1.82, 2.24) is 5.32 Å². The second-order valence-electron chi connectivity index (χ2n) is 2.95.